The SMILES string of the molecule is Cc1c(Cc2ccc(F)c(C(=O)N3CC(=O)N4CCCC[C@@H]4C3OC(=O)C(F)(F)F)c2)n[nH]c(=O)c1C. The van der Waals surface area contributed by atoms with Crippen LogP contribution in [0.2, 0.25) is 0 Å². The molecule has 9 nitrogen and oxygen atoms in total. The monoisotopic (exact) mass is 524 g/mol. The average molecular weight is 524 g/mol. The van der Waals surface area contributed by atoms with Crippen LogP contribution in [0, 0.1) is 19.7 Å². The molecule has 1 unspecified atom stereocenters. The Kier molecular flexibility index (Phi) is 7.07. The molecule has 2 saturated heterocycles. The number of nitrogens with zero attached hydrogens (tertiary/aromatic N) is 3. The Hall–Kier alpha value is -3.77. The molecule has 4 rings (SSSR count). The Bertz CT molecular complexity index is 1310. The normalized spacial score (nSPS) is 20.0. The molecule has 2 aliphatic rings. The molecule has 1 N–H and O–H groups in total. The zero-order chi connectivity index (χ0) is 27.1. The number of H-pyrrole nitrogens is 1. The maximum absolute atomic E-state index is 14.8. The fourth-order valence-electron chi connectivity index (χ4n) is 4.64. The van der Waals surface area contributed by atoms with Gasteiger partial charge in [-0.05, 0) is 56.4 Å². The first-order chi connectivity index (χ1) is 17.4. The largest absolute Gasteiger partial charge is 0.491 e. The molecule has 2 fully saturated rings. The number of ether oxygens (including phenoxy) is 1. The highest BCUT2D eigenvalue weighted by Gasteiger charge is 2.50. The molecule has 2 aliphatic heterocycles. The lowest BCUT2D eigenvalue weighted by Gasteiger charge is -2.48. The van der Waals surface area contributed by atoms with Crippen LogP contribution in [-0.2, 0) is 20.7 Å². The second-order valence-electron chi connectivity index (χ2n) is 9.12. The summed E-state index contributed by atoms with van der Waals surface area (Å²) < 4.78 is 58.6. The fraction of sp³-hybridized carbons (Fsp3) is 0.458. The van der Waals surface area contributed by atoms with Crippen molar-refractivity contribution in [3.8, 4) is 0 Å². The van der Waals surface area contributed by atoms with Crippen LogP contribution < -0.4 is 5.56 Å². The lowest BCUT2D eigenvalue weighted by atomic mass is 9.96. The number of halogens is 4. The zero-order valence-corrected chi connectivity index (χ0v) is 20.0. The first kappa shape index (κ1) is 26.3. The van der Waals surface area contributed by atoms with Gasteiger partial charge < -0.3 is 9.64 Å². The van der Waals surface area contributed by atoms with Crippen molar-refractivity contribution in [1.82, 2.24) is 20.0 Å². The van der Waals surface area contributed by atoms with Crippen molar-refractivity contribution in [2.75, 3.05) is 13.1 Å². The summed E-state index contributed by atoms with van der Waals surface area (Å²) in [5.74, 6) is -5.08. The van der Waals surface area contributed by atoms with Crippen LogP contribution in [-0.4, -0.2) is 69.3 Å². The fourth-order valence-corrected chi connectivity index (χ4v) is 4.64. The molecule has 0 aliphatic carbocycles. The predicted molar refractivity (Wildman–Crippen MR) is 120 cm³/mol. The molecule has 37 heavy (non-hydrogen) atoms. The zero-order valence-electron chi connectivity index (χ0n) is 20.0. The van der Waals surface area contributed by atoms with E-state index in [1.165, 1.54) is 17.0 Å². The number of benzene rings is 1. The molecule has 0 radical (unpaired) electrons. The number of fused-ring (bicyclic) bond motifs is 1. The number of aromatic amines is 1. The molecule has 2 atom stereocenters. The third-order valence-corrected chi connectivity index (χ3v) is 6.79. The number of carbonyl (C=O) groups excluding carboxylic acids is 3. The minimum atomic E-state index is -5.32. The second kappa shape index (κ2) is 9.94. The number of carbonyl (C=O) groups is 3. The van der Waals surface area contributed by atoms with Gasteiger partial charge >= 0.3 is 12.1 Å². The third kappa shape index (κ3) is 5.20. The Morgan fingerprint density at radius 2 is 1.89 bits per heavy atom. The summed E-state index contributed by atoms with van der Waals surface area (Å²) in [6.45, 7) is 2.88. The average Bonchev–Trinajstić information content (AvgIpc) is 2.86. The van der Waals surface area contributed by atoms with Gasteiger partial charge in [0.15, 0.2) is 6.23 Å². The summed E-state index contributed by atoms with van der Waals surface area (Å²) in [6.07, 6.45) is -5.56. The topological polar surface area (TPSA) is 113 Å². The predicted octanol–water partition coefficient (Wildman–Crippen LogP) is 2.39. The van der Waals surface area contributed by atoms with Crippen molar-refractivity contribution >= 4 is 17.8 Å². The number of nitrogens with one attached hydrogen (secondary N) is 1. The van der Waals surface area contributed by atoms with E-state index in [-0.39, 0.29) is 24.9 Å². The van der Waals surface area contributed by atoms with E-state index in [0.29, 0.717) is 40.1 Å². The second-order valence-corrected chi connectivity index (χ2v) is 9.12. The number of esters is 1. The number of amides is 2. The summed E-state index contributed by atoms with van der Waals surface area (Å²) in [5, 5.41) is 6.36. The number of piperidine rings is 1. The van der Waals surface area contributed by atoms with E-state index < -0.39 is 54.2 Å². The first-order valence-corrected chi connectivity index (χ1v) is 11.6. The van der Waals surface area contributed by atoms with E-state index in [2.05, 4.69) is 10.2 Å². The summed E-state index contributed by atoms with van der Waals surface area (Å²) >= 11 is 0. The Balaban J connectivity index is 1.68. The first-order valence-electron chi connectivity index (χ1n) is 11.6. The van der Waals surface area contributed by atoms with Crippen molar-refractivity contribution < 1.29 is 36.7 Å². The highest BCUT2D eigenvalue weighted by molar-refractivity contribution is 5.98. The van der Waals surface area contributed by atoms with E-state index in [1.54, 1.807) is 13.8 Å². The van der Waals surface area contributed by atoms with E-state index in [1.807, 2.05) is 0 Å². The van der Waals surface area contributed by atoms with Crippen molar-refractivity contribution in [2.24, 2.45) is 0 Å². The maximum Gasteiger partial charge on any atom is 0.491 e. The minimum absolute atomic E-state index is 0.117. The number of rotatable bonds is 4. The molecular formula is C24H24F4N4O5. The number of piperazine rings is 1. The van der Waals surface area contributed by atoms with Crippen molar-refractivity contribution in [2.45, 2.75) is 58.0 Å². The lowest BCUT2D eigenvalue weighted by Crippen LogP contribution is -2.66. The molecule has 0 spiro atoms. The van der Waals surface area contributed by atoms with Gasteiger partial charge in [0.1, 0.15) is 12.4 Å². The van der Waals surface area contributed by atoms with Gasteiger partial charge in [-0.25, -0.2) is 14.3 Å². The molecule has 3 heterocycles. The van der Waals surface area contributed by atoms with Crippen LogP contribution in [0.15, 0.2) is 23.0 Å². The standard InChI is InChI=1S/C24H24F4N4O5/c1-12-13(2)20(34)30-29-17(12)10-14-6-7-16(25)15(9-14)21(35)32-11-19(33)31-8-4-3-5-18(31)22(32)37-23(36)24(26,27)28/h6-7,9,18,22H,3-5,8,10-11H2,1-2H3,(H,30,34)/t18-,22?/m1/s1. The van der Waals surface area contributed by atoms with E-state index in [9.17, 15) is 36.7 Å². The van der Waals surface area contributed by atoms with Crippen LogP contribution in [0.4, 0.5) is 17.6 Å². The van der Waals surface area contributed by atoms with Crippen molar-refractivity contribution in [3.63, 3.8) is 0 Å². The van der Waals surface area contributed by atoms with E-state index in [4.69, 9.17) is 4.74 Å². The van der Waals surface area contributed by atoms with Crippen molar-refractivity contribution in [3.05, 3.63) is 62.3 Å². The van der Waals surface area contributed by atoms with Gasteiger partial charge in [-0.15, -0.1) is 0 Å². The number of aromatic nitrogens is 2. The van der Waals surface area contributed by atoms with Gasteiger partial charge in [0.2, 0.25) is 5.91 Å². The molecule has 13 heteroatoms. The summed E-state index contributed by atoms with van der Waals surface area (Å²) in [6, 6.07) is 2.65. The molecule has 1 aromatic heterocycles. The smallest absolute Gasteiger partial charge is 0.433 e. The van der Waals surface area contributed by atoms with E-state index in [0.717, 1.165) is 6.07 Å². The van der Waals surface area contributed by atoms with Gasteiger partial charge in [-0.2, -0.15) is 18.3 Å². The van der Waals surface area contributed by atoms with Gasteiger partial charge in [0, 0.05) is 18.5 Å². The van der Waals surface area contributed by atoms with Crippen LogP contribution in [0.5, 0.6) is 0 Å². The molecule has 2 aromatic rings. The Morgan fingerprint density at radius 3 is 2.59 bits per heavy atom. The van der Waals surface area contributed by atoms with Gasteiger partial charge in [-0.3, -0.25) is 19.3 Å². The molecule has 0 bridgehead atoms. The Morgan fingerprint density at radius 1 is 1.16 bits per heavy atom. The number of alkyl halides is 3. The van der Waals surface area contributed by atoms with Crippen LogP contribution in [0.1, 0.15) is 52.0 Å². The van der Waals surface area contributed by atoms with Crippen LogP contribution >= 0.6 is 0 Å². The summed E-state index contributed by atoms with van der Waals surface area (Å²) in [4.78, 5) is 51.6. The summed E-state index contributed by atoms with van der Waals surface area (Å²) in [5.41, 5.74) is 1.10. The third-order valence-electron chi connectivity index (χ3n) is 6.79. The maximum atomic E-state index is 14.8. The van der Waals surface area contributed by atoms with E-state index >= 15 is 0 Å². The van der Waals surface area contributed by atoms with Crippen LogP contribution in [0.3, 0.4) is 0 Å². The lowest BCUT2D eigenvalue weighted by molar-refractivity contribution is -0.220. The molecule has 1 aromatic carbocycles. The summed E-state index contributed by atoms with van der Waals surface area (Å²) in [7, 11) is 0. The van der Waals surface area contributed by atoms with Gasteiger partial charge in [0.05, 0.1) is 17.3 Å². The van der Waals surface area contributed by atoms with Crippen LogP contribution in [0.25, 0.3) is 0 Å². The highest BCUT2D eigenvalue weighted by Crippen LogP contribution is 2.31. The van der Waals surface area contributed by atoms with Gasteiger partial charge in [0.25, 0.3) is 11.5 Å². The number of hydrogen-bond acceptors (Lipinski definition) is 6. The molecule has 0 saturated carbocycles. The Labute approximate surface area is 208 Å². The minimum Gasteiger partial charge on any atom is -0.433 e. The highest BCUT2D eigenvalue weighted by atomic mass is 19.4. The molecule has 198 valence electrons. The molecule has 2 amide bonds. The quantitative estimate of drug-likeness (QED) is 0.486. The number of hydrogen-bond donors (Lipinski definition) is 1. The van der Waals surface area contributed by atoms with Crippen molar-refractivity contribution in [1.29, 1.82) is 0 Å². The van der Waals surface area contributed by atoms with Gasteiger partial charge in [-0.1, -0.05) is 6.07 Å². The molecular weight excluding hydrogens is 500 g/mol.